The molecule has 0 bridgehead atoms. The molecule has 0 spiro atoms. The van der Waals surface area contributed by atoms with Crippen LogP contribution in [0.15, 0.2) is 23.4 Å². The zero-order valence-corrected chi connectivity index (χ0v) is 11.4. The van der Waals surface area contributed by atoms with Gasteiger partial charge in [-0.15, -0.1) is 0 Å². The molecule has 110 valence electrons. The van der Waals surface area contributed by atoms with Gasteiger partial charge in [0, 0.05) is 17.7 Å². The molecule has 0 radical (unpaired) electrons. The summed E-state index contributed by atoms with van der Waals surface area (Å²) in [5.41, 5.74) is 5.92. The Morgan fingerprint density at radius 3 is 2.80 bits per heavy atom. The van der Waals surface area contributed by atoms with Crippen LogP contribution in [0.5, 0.6) is 0 Å². The molecular formula is C13H18FN3O3. The topological polar surface area (TPSA) is 96.9 Å². The lowest BCUT2D eigenvalue weighted by Gasteiger charge is -2.09. The molecule has 0 aliphatic heterocycles. The third-order valence-corrected chi connectivity index (χ3v) is 2.48. The van der Waals surface area contributed by atoms with Crippen molar-refractivity contribution in [3.05, 3.63) is 35.1 Å². The molecule has 4 N–H and O–H groups in total. The van der Waals surface area contributed by atoms with Gasteiger partial charge in [0.05, 0.1) is 6.10 Å². The molecule has 0 saturated carbocycles. The fraction of sp³-hybridized carbons (Fsp3) is 0.385. The van der Waals surface area contributed by atoms with E-state index in [0.29, 0.717) is 5.56 Å². The Labute approximate surface area is 116 Å². The van der Waals surface area contributed by atoms with Crippen molar-refractivity contribution in [2.45, 2.75) is 26.5 Å². The van der Waals surface area contributed by atoms with Gasteiger partial charge in [0.15, 0.2) is 5.84 Å². The highest BCUT2D eigenvalue weighted by Gasteiger charge is 2.08. The van der Waals surface area contributed by atoms with Gasteiger partial charge < -0.3 is 21.0 Å². The summed E-state index contributed by atoms with van der Waals surface area (Å²) in [5.74, 6) is -1.04. The first-order valence-corrected chi connectivity index (χ1v) is 6.08. The van der Waals surface area contributed by atoms with Crippen molar-refractivity contribution in [3.8, 4) is 0 Å². The molecule has 1 amide bonds. The van der Waals surface area contributed by atoms with Crippen LogP contribution in [-0.4, -0.2) is 29.7 Å². The van der Waals surface area contributed by atoms with E-state index >= 15 is 0 Å². The highest BCUT2D eigenvalue weighted by Crippen LogP contribution is 2.10. The van der Waals surface area contributed by atoms with E-state index in [4.69, 9.17) is 15.7 Å². The number of amides is 1. The number of rotatable bonds is 6. The molecule has 0 aromatic heterocycles. The SMILES string of the molecule is CC(C)OCC(=O)NCc1ccc(/C(N)=N/O)cc1F. The Morgan fingerprint density at radius 2 is 2.25 bits per heavy atom. The lowest BCUT2D eigenvalue weighted by Crippen LogP contribution is -2.28. The second kappa shape index (κ2) is 7.44. The first-order chi connectivity index (χ1) is 9.43. The van der Waals surface area contributed by atoms with Crippen molar-refractivity contribution < 1.29 is 19.1 Å². The van der Waals surface area contributed by atoms with Gasteiger partial charge in [-0.2, -0.15) is 0 Å². The zero-order chi connectivity index (χ0) is 15.1. The number of ether oxygens (including phenoxy) is 1. The fourth-order valence-corrected chi connectivity index (χ4v) is 1.39. The molecule has 1 aromatic carbocycles. The number of nitrogens with one attached hydrogen (secondary N) is 1. The van der Waals surface area contributed by atoms with Crippen molar-refractivity contribution in [3.63, 3.8) is 0 Å². The molecule has 20 heavy (non-hydrogen) atoms. The molecule has 0 fully saturated rings. The van der Waals surface area contributed by atoms with E-state index in [1.54, 1.807) is 0 Å². The van der Waals surface area contributed by atoms with Crippen LogP contribution in [-0.2, 0) is 16.1 Å². The average Bonchev–Trinajstić information content (AvgIpc) is 2.42. The zero-order valence-electron chi connectivity index (χ0n) is 11.4. The van der Waals surface area contributed by atoms with Gasteiger partial charge in [-0.05, 0) is 19.9 Å². The second-order valence-electron chi connectivity index (χ2n) is 4.43. The summed E-state index contributed by atoms with van der Waals surface area (Å²) in [6.45, 7) is 3.61. The van der Waals surface area contributed by atoms with Crippen LogP contribution in [0.4, 0.5) is 4.39 Å². The van der Waals surface area contributed by atoms with E-state index in [0.717, 1.165) is 6.07 Å². The van der Waals surface area contributed by atoms with Crippen LogP contribution >= 0.6 is 0 Å². The summed E-state index contributed by atoms with van der Waals surface area (Å²) in [6.07, 6.45) is -0.0440. The van der Waals surface area contributed by atoms with Crippen LogP contribution in [0.25, 0.3) is 0 Å². The molecule has 0 unspecified atom stereocenters. The van der Waals surface area contributed by atoms with Crippen LogP contribution in [0.1, 0.15) is 25.0 Å². The maximum atomic E-state index is 13.7. The molecule has 0 saturated heterocycles. The Hall–Kier alpha value is -2.15. The minimum atomic E-state index is -0.542. The number of benzene rings is 1. The van der Waals surface area contributed by atoms with Gasteiger partial charge in [0.2, 0.25) is 5.91 Å². The molecule has 1 aromatic rings. The molecule has 0 atom stereocenters. The lowest BCUT2D eigenvalue weighted by molar-refractivity contribution is -0.127. The number of halogens is 1. The van der Waals surface area contributed by atoms with Gasteiger partial charge in [-0.3, -0.25) is 4.79 Å². The quantitative estimate of drug-likeness (QED) is 0.313. The Morgan fingerprint density at radius 1 is 1.55 bits per heavy atom. The molecule has 0 heterocycles. The van der Waals surface area contributed by atoms with E-state index in [-0.39, 0.29) is 36.6 Å². The van der Waals surface area contributed by atoms with E-state index < -0.39 is 5.82 Å². The van der Waals surface area contributed by atoms with Crippen molar-refractivity contribution >= 4 is 11.7 Å². The Balaban J connectivity index is 2.59. The summed E-state index contributed by atoms with van der Waals surface area (Å²) in [7, 11) is 0. The molecule has 6 nitrogen and oxygen atoms in total. The van der Waals surface area contributed by atoms with Crippen LogP contribution in [0, 0.1) is 5.82 Å². The number of amidine groups is 1. The third-order valence-electron chi connectivity index (χ3n) is 2.48. The van der Waals surface area contributed by atoms with Crippen molar-refractivity contribution in [1.29, 1.82) is 0 Å². The third kappa shape index (κ3) is 4.85. The molecule has 7 heteroatoms. The number of nitrogens with zero attached hydrogens (tertiary/aromatic N) is 1. The summed E-state index contributed by atoms with van der Waals surface area (Å²) >= 11 is 0. The number of carbonyl (C=O) groups is 1. The Kier molecular flexibility index (Phi) is 5.92. The number of nitrogens with two attached hydrogens (primary N) is 1. The van der Waals surface area contributed by atoms with E-state index in [9.17, 15) is 9.18 Å². The number of hydrogen-bond acceptors (Lipinski definition) is 4. The number of hydrogen-bond donors (Lipinski definition) is 3. The summed E-state index contributed by atoms with van der Waals surface area (Å²) in [4.78, 5) is 11.4. The highest BCUT2D eigenvalue weighted by atomic mass is 19.1. The molecule has 0 aliphatic carbocycles. The van der Waals surface area contributed by atoms with Gasteiger partial charge in [-0.25, -0.2) is 4.39 Å². The first kappa shape index (κ1) is 15.9. The molecule has 1 rings (SSSR count). The smallest absolute Gasteiger partial charge is 0.246 e. The standard InChI is InChI=1S/C13H18FN3O3/c1-8(2)20-7-12(18)16-6-10-4-3-9(5-11(10)14)13(15)17-19/h3-5,8,19H,6-7H2,1-2H3,(H2,15,17)(H,16,18). The summed E-state index contributed by atoms with van der Waals surface area (Å²) in [6, 6.07) is 4.11. The van der Waals surface area contributed by atoms with Crippen LogP contribution in [0.3, 0.4) is 0 Å². The average molecular weight is 283 g/mol. The first-order valence-electron chi connectivity index (χ1n) is 6.08. The van der Waals surface area contributed by atoms with E-state index in [1.807, 2.05) is 13.8 Å². The predicted molar refractivity (Wildman–Crippen MR) is 71.8 cm³/mol. The van der Waals surface area contributed by atoms with Crippen LogP contribution in [0.2, 0.25) is 0 Å². The largest absolute Gasteiger partial charge is 0.409 e. The van der Waals surface area contributed by atoms with E-state index in [1.165, 1.54) is 12.1 Å². The van der Waals surface area contributed by atoms with Crippen molar-refractivity contribution in [2.24, 2.45) is 10.9 Å². The monoisotopic (exact) mass is 283 g/mol. The minimum Gasteiger partial charge on any atom is -0.409 e. The number of carbonyl (C=O) groups excluding carboxylic acids is 1. The maximum absolute atomic E-state index is 13.7. The number of oxime groups is 1. The fourth-order valence-electron chi connectivity index (χ4n) is 1.39. The van der Waals surface area contributed by atoms with Gasteiger partial charge in [-0.1, -0.05) is 17.3 Å². The normalized spacial score (nSPS) is 11.7. The Bertz CT molecular complexity index is 504. The van der Waals surface area contributed by atoms with Crippen molar-refractivity contribution in [1.82, 2.24) is 5.32 Å². The summed E-state index contributed by atoms with van der Waals surface area (Å²) < 4.78 is 18.9. The predicted octanol–water partition coefficient (Wildman–Crippen LogP) is 0.961. The highest BCUT2D eigenvalue weighted by molar-refractivity contribution is 5.97. The molecule has 0 aliphatic rings. The van der Waals surface area contributed by atoms with Crippen LogP contribution < -0.4 is 11.1 Å². The van der Waals surface area contributed by atoms with Crippen molar-refractivity contribution in [2.75, 3.05) is 6.61 Å². The second-order valence-corrected chi connectivity index (χ2v) is 4.43. The lowest BCUT2D eigenvalue weighted by atomic mass is 10.1. The van der Waals surface area contributed by atoms with Gasteiger partial charge in [0.25, 0.3) is 0 Å². The van der Waals surface area contributed by atoms with E-state index in [2.05, 4.69) is 10.5 Å². The maximum Gasteiger partial charge on any atom is 0.246 e. The van der Waals surface area contributed by atoms with Gasteiger partial charge >= 0.3 is 0 Å². The summed E-state index contributed by atoms with van der Waals surface area (Å²) in [5, 5.41) is 13.8. The minimum absolute atomic E-state index is 0.0440. The van der Waals surface area contributed by atoms with Gasteiger partial charge in [0.1, 0.15) is 12.4 Å². The molecular weight excluding hydrogens is 265 g/mol.